The van der Waals surface area contributed by atoms with Crippen LogP contribution in [0.5, 0.6) is 0 Å². The monoisotopic (exact) mass is 557 g/mol. The second-order valence-corrected chi connectivity index (χ2v) is 8.42. The molecule has 0 unspecified atom stereocenters. The van der Waals surface area contributed by atoms with Crippen molar-refractivity contribution < 1.29 is 9.53 Å². The molecule has 0 aliphatic carbocycles. The minimum atomic E-state index is -0.503. The Morgan fingerprint density at radius 1 is 1.16 bits per heavy atom. The third-order valence-corrected chi connectivity index (χ3v) is 4.51. The zero-order valence-electron chi connectivity index (χ0n) is 20.1. The standard InChI is InChI=1S/C22H35N7O2.HI/c1-8-23-20(25-14-19-27-26-16(2)29(19)7)24-13-17-9-11-18(12-10-17)15-28(6)21(30)31-22(3,4)5;/h9-12H,8,13-15H2,1-7H3,(H2,23,24,25);1H. The predicted molar refractivity (Wildman–Crippen MR) is 137 cm³/mol. The van der Waals surface area contributed by atoms with E-state index in [1.165, 1.54) is 0 Å². The highest BCUT2D eigenvalue weighted by Gasteiger charge is 2.19. The molecule has 0 saturated carbocycles. The molecular formula is C22H36IN7O2. The van der Waals surface area contributed by atoms with E-state index in [9.17, 15) is 4.79 Å². The summed E-state index contributed by atoms with van der Waals surface area (Å²) in [6, 6.07) is 8.07. The van der Waals surface area contributed by atoms with Gasteiger partial charge in [-0.2, -0.15) is 0 Å². The molecule has 178 valence electrons. The number of amides is 1. The Kier molecular flexibility index (Phi) is 10.9. The molecular weight excluding hydrogens is 521 g/mol. The Labute approximate surface area is 208 Å². The van der Waals surface area contributed by atoms with Crippen molar-refractivity contribution in [2.75, 3.05) is 13.6 Å². The Balaban J connectivity index is 0.00000512. The van der Waals surface area contributed by atoms with Crippen molar-refractivity contribution in [3.05, 3.63) is 47.0 Å². The number of rotatable bonds is 7. The van der Waals surface area contributed by atoms with E-state index < -0.39 is 5.60 Å². The minimum Gasteiger partial charge on any atom is -0.444 e. The number of hydrogen-bond acceptors (Lipinski definition) is 5. The summed E-state index contributed by atoms with van der Waals surface area (Å²) in [6.07, 6.45) is -0.333. The molecule has 0 aliphatic heterocycles. The van der Waals surface area contributed by atoms with Crippen molar-refractivity contribution in [3.8, 4) is 0 Å². The van der Waals surface area contributed by atoms with Crippen molar-refractivity contribution >= 4 is 36.0 Å². The molecule has 0 aliphatic rings. The van der Waals surface area contributed by atoms with Crippen LogP contribution in [-0.2, 0) is 31.4 Å². The third kappa shape index (κ3) is 9.01. The zero-order chi connectivity index (χ0) is 23.0. The molecule has 2 rings (SSSR count). The van der Waals surface area contributed by atoms with E-state index in [4.69, 9.17) is 4.74 Å². The Hall–Kier alpha value is -2.37. The maximum atomic E-state index is 12.1. The number of aliphatic imine (C=N–C) groups is 1. The van der Waals surface area contributed by atoms with Crippen LogP contribution in [0.2, 0.25) is 0 Å². The fraction of sp³-hybridized carbons (Fsp3) is 0.545. The van der Waals surface area contributed by atoms with Gasteiger partial charge in [0.2, 0.25) is 0 Å². The third-order valence-electron chi connectivity index (χ3n) is 4.51. The second kappa shape index (κ2) is 12.6. The molecule has 2 N–H and O–H groups in total. The van der Waals surface area contributed by atoms with Crippen molar-refractivity contribution in [1.29, 1.82) is 0 Å². The number of nitrogens with zero attached hydrogens (tertiary/aromatic N) is 5. The number of aromatic nitrogens is 3. The van der Waals surface area contributed by atoms with E-state index in [-0.39, 0.29) is 30.1 Å². The average Bonchev–Trinajstić information content (AvgIpc) is 3.02. The highest BCUT2D eigenvalue weighted by molar-refractivity contribution is 14.0. The fourth-order valence-electron chi connectivity index (χ4n) is 2.71. The van der Waals surface area contributed by atoms with E-state index in [2.05, 4.69) is 25.8 Å². The summed E-state index contributed by atoms with van der Waals surface area (Å²) in [5.74, 6) is 2.44. The number of halogens is 1. The zero-order valence-corrected chi connectivity index (χ0v) is 22.4. The van der Waals surface area contributed by atoms with Gasteiger partial charge >= 0.3 is 6.09 Å². The quantitative estimate of drug-likeness (QED) is 0.308. The van der Waals surface area contributed by atoms with Crippen molar-refractivity contribution in [2.45, 2.75) is 59.9 Å². The van der Waals surface area contributed by atoms with Gasteiger partial charge in [-0.25, -0.2) is 9.79 Å². The van der Waals surface area contributed by atoms with Crippen LogP contribution in [0.4, 0.5) is 4.79 Å². The highest BCUT2D eigenvalue weighted by Crippen LogP contribution is 2.12. The lowest BCUT2D eigenvalue weighted by Crippen LogP contribution is -2.37. The second-order valence-electron chi connectivity index (χ2n) is 8.42. The topological polar surface area (TPSA) is 96.7 Å². The Morgan fingerprint density at radius 2 is 1.78 bits per heavy atom. The molecule has 10 heteroatoms. The maximum absolute atomic E-state index is 12.1. The van der Waals surface area contributed by atoms with Crippen LogP contribution < -0.4 is 10.6 Å². The van der Waals surface area contributed by atoms with E-state index in [0.29, 0.717) is 19.6 Å². The number of nitrogens with one attached hydrogen (secondary N) is 2. The number of ether oxygens (including phenoxy) is 1. The molecule has 0 bridgehead atoms. The van der Waals surface area contributed by atoms with Crippen LogP contribution in [0.25, 0.3) is 0 Å². The van der Waals surface area contributed by atoms with Crippen LogP contribution in [0.1, 0.15) is 50.5 Å². The number of carbonyl (C=O) groups is 1. The first-order valence-electron chi connectivity index (χ1n) is 10.5. The van der Waals surface area contributed by atoms with Gasteiger partial charge in [-0.3, -0.25) is 0 Å². The first-order valence-corrected chi connectivity index (χ1v) is 10.5. The minimum absolute atomic E-state index is 0. The number of benzene rings is 1. The van der Waals surface area contributed by atoms with Crippen LogP contribution in [0, 0.1) is 6.92 Å². The molecule has 1 amide bonds. The van der Waals surface area contributed by atoms with E-state index in [0.717, 1.165) is 35.3 Å². The van der Waals surface area contributed by atoms with Gasteiger partial charge in [-0.1, -0.05) is 24.3 Å². The average molecular weight is 557 g/mol. The molecule has 0 saturated heterocycles. The molecule has 0 spiro atoms. The van der Waals surface area contributed by atoms with Crippen LogP contribution in [0.3, 0.4) is 0 Å². The van der Waals surface area contributed by atoms with Gasteiger partial charge in [-0.15, -0.1) is 34.2 Å². The number of carbonyl (C=O) groups excluding carboxylic acids is 1. The van der Waals surface area contributed by atoms with Crippen LogP contribution >= 0.6 is 24.0 Å². The van der Waals surface area contributed by atoms with Gasteiger partial charge in [-0.05, 0) is 45.7 Å². The summed E-state index contributed by atoms with van der Waals surface area (Å²) in [4.78, 5) is 18.3. The van der Waals surface area contributed by atoms with Gasteiger partial charge in [0.05, 0.1) is 13.1 Å². The van der Waals surface area contributed by atoms with E-state index in [1.54, 1.807) is 11.9 Å². The summed E-state index contributed by atoms with van der Waals surface area (Å²) in [6.45, 7) is 11.9. The summed E-state index contributed by atoms with van der Waals surface area (Å²) in [5.41, 5.74) is 1.61. The van der Waals surface area contributed by atoms with Crippen molar-refractivity contribution in [3.63, 3.8) is 0 Å². The predicted octanol–water partition coefficient (Wildman–Crippen LogP) is 3.36. The molecule has 0 radical (unpaired) electrons. The van der Waals surface area contributed by atoms with Crippen molar-refractivity contribution in [1.82, 2.24) is 30.3 Å². The largest absolute Gasteiger partial charge is 0.444 e. The number of aryl methyl sites for hydroxylation is 1. The van der Waals surface area contributed by atoms with Crippen LogP contribution in [-0.4, -0.2) is 50.9 Å². The van der Waals surface area contributed by atoms with Gasteiger partial charge in [0.15, 0.2) is 11.8 Å². The van der Waals surface area contributed by atoms with Crippen LogP contribution in [0.15, 0.2) is 29.3 Å². The molecule has 1 aromatic heterocycles. The summed E-state index contributed by atoms with van der Waals surface area (Å²) >= 11 is 0. The van der Waals surface area contributed by atoms with E-state index >= 15 is 0 Å². The molecule has 1 heterocycles. The number of hydrogen-bond donors (Lipinski definition) is 2. The molecule has 1 aromatic carbocycles. The first kappa shape index (κ1) is 27.7. The summed E-state index contributed by atoms with van der Waals surface area (Å²) < 4.78 is 7.34. The van der Waals surface area contributed by atoms with Gasteiger partial charge < -0.3 is 24.8 Å². The lowest BCUT2D eigenvalue weighted by Gasteiger charge is -2.24. The molecule has 2 aromatic rings. The summed E-state index contributed by atoms with van der Waals surface area (Å²) in [7, 11) is 3.68. The van der Waals surface area contributed by atoms with Gasteiger partial charge in [0.1, 0.15) is 11.4 Å². The molecule has 32 heavy (non-hydrogen) atoms. The number of guanidine groups is 1. The van der Waals surface area contributed by atoms with Gasteiger partial charge in [0, 0.05) is 27.2 Å². The van der Waals surface area contributed by atoms with Crippen molar-refractivity contribution in [2.24, 2.45) is 12.0 Å². The summed E-state index contributed by atoms with van der Waals surface area (Å²) in [5, 5.41) is 14.8. The molecule has 0 fully saturated rings. The van der Waals surface area contributed by atoms with E-state index in [1.807, 2.05) is 70.5 Å². The normalized spacial score (nSPS) is 11.5. The smallest absolute Gasteiger partial charge is 0.410 e. The fourth-order valence-corrected chi connectivity index (χ4v) is 2.71. The Bertz CT molecular complexity index is 889. The molecule has 9 nitrogen and oxygen atoms in total. The lowest BCUT2D eigenvalue weighted by molar-refractivity contribution is 0.0285. The first-order chi connectivity index (χ1) is 14.6. The maximum Gasteiger partial charge on any atom is 0.410 e. The highest BCUT2D eigenvalue weighted by atomic mass is 127. The van der Waals surface area contributed by atoms with Gasteiger partial charge in [0.25, 0.3) is 0 Å². The molecule has 0 atom stereocenters. The SMILES string of the molecule is CCNC(=NCc1ccc(CN(C)C(=O)OC(C)(C)C)cc1)NCc1nnc(C)n1C.I. The lowest BCUT2D eigenvalue weighted by atomic mass is 10.1. The Morgan fingerprint density at radius 3 is 2.31 bits per heavy atom.